The van der Waals surface area contributed by atoms with Crippen molar-refractivity contribution in [2.24, 2.45) is 0 Å². The highest BCUT2D eigenvalue weighted by Crippen LogP contribution is 2.24. The Labute approximate surface area is 117 Å². The van der Waals surface area contributed by atoms with Gasteiger partial charge in [0.1, 0.15) is 5.52 Å². The SMILES string of the molecule is COc1ccc2nc(N)n(-c3ccc(C)c(C)c3)c2n1. The number of nitrogens with zero attached hydrogens (tertiary/aromatic N) is 3. The van der Waals surface area contributed by atoms with Crippen molar-refractivity contribution in [3.05, 3.63) is 41.5 Å². The second kappa shape index (κ2) is 4.52. The van der Waals surface area contributed by atoms with Crippen molar-refractivity contribution in [2.45, 2.75) is 13.8 Å². The number of ether oxygens (including phenoxy) is 1. The summed E-state index contributed by atoms with van der Waals surface area (Å²) in [5, 5.41) is 0. The van der Waals surface area contributed by atoms with Crippen LogP contribution in [0.2, 0.25) is 0 Å². The summed E-state index contributed by atoms with van der Waals surface area (Å²) in [5.74, 6) is 0.964. The summed E-state index contributed by atoms with van der Waals surface area (Å²) < 4.78 is 7.01. The Bertz CT molecular complexity index is 792. The van der Waals surface area contributed by atoms with E-state index in [9.17, 15) is 0 Å². The fourth-order valence-corrected chi connectivity index (χ4v) is 2.19. The highest BCUT2D eigenvalue weighted by Gasteiger charge is 2.12. The maximum Gasteiger partial charge on any atom is 0.215 e. The predicted octanol–water partition coefficient (Wildman–Crippen LogP) is 2.63. The zero-order chi connectivity index (χ0) is 14.3. The van der Waals surface area contributed by atoms with E-state index in [-0.39, 0.29) is 0 Å². The average Bonchev–Trinajstić information content (AvgIpc) is 2.77. The fraction of sp³-hybridized carbons (Fsp3) is 0.200. The van der Waals surface area contributed by atoms with Crippen LogP contribution in [-0.4, -0.2) is 21.6 Å². The molecule has 0 saturated heterocycles. The van der Waals surface area contributed by atoms with Crippen molar-refractivity contribution in [3.8, 4) is 11.6 Å². The summed E-state index contributed by atoms with van der Waals surface area (Å²) in [5.41, 5.74) is 10.9. The molecular formula is C15H16N4O. The molecule has 20 heavy (non-hydrogen) atoms. The standard InChI is InChI=1S/C15H16N4O/c1-9-4-5-11(8-10(9)2)19-14-12(17-15(19)16)6-7-13(18-14)20-3/h4-8H,1-3H3,(H2,16,17). The zero-order valence-electron chi connectivity index (χ0n) is 11.7. The summed E-state index contributed by atoms with van der Waals surface area (Å²) in [4.78, 5) is 8.78. The van der Waals surface area contributed by atoms with Crippen LogP contribution in [-0.2, 0) is 0 Å². The summed E-state index contributed by atoms with van der Waals surface area (Å²) >= 11 is 0. The molecule has 0 saturated carbocycles. The molecule has 0 radical (unpaired) electrons. The number of imidazole rings is 1. The molecule has 0 amide bonds. The molecular weight excluding hydrogens is 252 g/mol. The van der Waals surface area contributed by atoms with E-state index in [4.69, 9.17) is 10.5 Å². The van der Waals surface area contributed by atoms with Crippen LogP contribution in [0.1, 0.15) is 11.1 Å². The van der Waals surface area contributed by atoms with Gasteiger partial charge in [0.2, 0.25) is 11.8 Å². The monoisotopic (exact) mass is 268 g/mol. The van der Waals surface area contributed by atoms with Crippen molar-refractivity contribution in [1.29, 1.82) is 0 Å². The van der Waals surface area contributed by atoms with Gasteiger partial charge in [-0.05, 0) is 43.2 Å². The molecule has 2 heterocycles. The third kappa shape index (κ3) is 1.87. The van der Waals surface area contributed by atoms with Gasteiger partial charge < -0.3 is 10.5 Å². The van der Waals surface area contributed by atoms with E-state index in [0.717, 1.165) is 11.2 Å². The Morgan fingerprint density at radius 3 is 2.55 bits per heavy atom. The number of nitrogens with two attached hydrogens (primary N) is 1. The first-order chi connectivity index (χ1) is 9.60. The molecule has 102 valence electrons. The van der Waals surface area contributed by atoms with Crippen LogP contribution in [0.5, 0.6) is 5.88 Å². The minimum atomic E-state index is 0.420. The zero-order valence-corrected chi connectivity index (χ0v) is 11.7. The molecule has 0 aliphatic heterocycles. The van der Waals surface area contributed by atoms with Crippen molar-refractivity contribution in [3.63, 3.8) is 0 Å². The lowest BCUT2D eigenvalue weighted by Gasteiger charge is -2.09. The number of benzene rings is 1. The first-order valence-corrected chi connectivity index (χ1v) is 6.37. The van der Waals surface area contributed by atoms with Gasteiger partial charge in [-0.2, -0.15) is 4.98 Å². The molecule has 2 aromatic heterocycles. The Morgan fingerprint density at radius 1 is 1.05 bits per heavy atom. The van der Waals surface area contributed by atoms with Crippen LogP contribution in [0.25, 0.3) is 16.9 Å². The normalized spacial score (nSPS) is 10.9. The lowest BCUT2D eigenvalue weighted by atomic mass is 10.1. The van der Waals surface area contributed by atoms with E-state index in [1.807, 2.05) is 16.7 Å². The van der Waals surface area contributed by atoms with Crippen molar-refractivity contribution >= 4 is 17.1 Å². The number of methoxy groups -OCH3 is 1. The summed E-state index contributed by atoms with van der Waals surface area (Å²) in [6.07, 6.45) is 0. The third-order valence-electron chi connectivity index (χ3n) is 3.46. The number of aryl methyl sites for hydroxylation is 2. The third-order valence-corrected chi connectivity index (χ3v) is 3.46. The Balaban J connectivity index is 2.28. The van der Waals surface area contributed by atoms with Crippen molar-refractivity contribution < 1.29 is 4.74 Å². The molecule has 5 heteroatoms. The second-order valence-electron chi connectivity index (χ2n) is 4.77. The molecule has 0 aliphatic carbocycles. The summed E-state index contributed by atoms with van der Waals surface area (Å²) in [7, 11) is 1.59. The number of rotatable bonds is 2. The van der Waals surface area contributed by atoms with Gasteiger partial charge in [-0.3, -0.25) is 4.57 Å². The van der Waals surface area contributed by atoms with Crippen molar-refractivity contribution in [2.75, 3.05) is 12.8 Å². The molecule has 0 bridgehead atoms. The molecule has 0 atom stereocenters. The maximum absolute atomic E-state index is 6.04. The molecule has 3 aromatic rings. The number of anilines is 1. The van der Waals surface area contributed by atoms with Gasteiger partial charge in [-0.1, -0.05) is 6.07 Å². The van der Waals surface area contributed by atoms with Gasteiger partial charge in [0, 0.05) is 6.07 Å². The lowest BCUT2D eigenvalue weighted by molar-refractivity contribution is 0.399. The highest BCUT2D eigenvalue weighted by molar-refractivity contribution is 5.77. The van der Waals surface area contributed by atoms with Gasteiger partial charge in [-0.15, -0.1) is 0 Å². The minimum Gasteiger partial charge on any atom is -0.481 e. The molecule has 0 spiro atoms. The number of hydrogen-bond donors (Lipinski definition) is 1. The maximum atomic E-state index is 6.04. The largest absolute Gasteiger partial charge is 0.481 e. The number of pyridine rings is 1. The number of nitrogen functional groups attached to an aromatic ring is 1. The molecule has 0 fully saturated rings. The lowest BCUT2D eigenvalue weighted by Crippen LogP contribution is -2.02. The van der Waals surface area contributed by atoms with E-state index in [1.165, 1.54) is 11.1 Å². The minimum absolute atomic E-state index is 0.420. The number of fused-ring (bicyclic) bond motifs is 1. The van der Waals surface area contributed by atoms with Gasteiger partial charge in [0.25, 0.3) is 0 Å². The number of hydrogen-bond acceptors (Lipinski definition) is 4. The predicted molar refractivity (Wildman–Crippen MR) is 79.3 cm³/mol. The molecule has 2 N–H and O–H groups in total. The molecule has 0 aliphatic rings. The second-order valence-corrected chi connectivity index (χ2v) is 4.77. The first kappa shape index (κ1) is 12.5. The van der Waals surface area contributed by atoms with Gasteiger partial charge in [0.15, 0.2) is 5.65 Å². The van der Waals surface area contributed by atoms with E-state index in [1.54, 1.807) is 13.2 Å². The molecule has 5 nitrogen and oxygen atoms in total. The highest BCUT2D eigenvalue weighted by atomic mass is 16.5. The van der Waals surface area contributed by atoms with Crippen LogP contribution >= 0.6 is 0 Å². The summed E-state index contributed by atoms with van der Waals surface area (Å²) in [6.45, 7) is 4.15. The van der Waals surface area contributed by atoms with Crippen molar-refractivity contribution in [1.82, 2.24) is 14.5 Å². The molecule has 3 rings (SSSR count). The van der Waals surface area contributed by atoms with Crippen LogP contribution in [0.4, 0.5) is 5.95 Å². The van der Waals surface area contributed by atoms with Crippen LogP contribution in [0.15, 0.2) is 30.3 Å². The van der Waals surface area contributed by atoms with Gasteiger partial charge in [0.05, 0.1) is 12.8 Å². The fourth-order valence-electron chi connectivity index (χ4n) is 2.19. The molecule has 1 aromatic carbocycles. The topological polar surface area (TPSA) is 66.0 Å². The van der Waals surface area contributed by atoms with Crippen LogP contribution in [0, 0.1) is 13.8 Å². The van der Waals surface area contributed by atoms with Gasteiger partial charge in [-0.25, -0.2) is 4.98 Å². The van der Waals surface area contributed by atoms with E-state index in [2.05, 4.69) is 35.9 Å². The van der Waals surface area contributed by atoms with Gasteiger partial charge >= 0.3 is 0 Å². The summed E-state index contributed by atoms with van der Waals surface area (Å²) in [6, 6.07) is 9.79. The van der Waals surface area contributed by atoms with E-state index < -0.39 is 0 Å². The smallest absolute Gasteiger partial charge is 0.215 e. The molecule has 0 unspecified atom stereocenters. The first-order valence-electron chi connectivity index (χ1n) is 6.37. The number of aromatic nitrogens is 3. The van der Waals surface area contributed by atoms with Crippen LogP contribution < -0.4 is 10.5 Å². The Hall–Kier alpha value is -2.56. The average molecular weight is 268 g/mol. The van der Waals surface area contributed by atoms with Crippen LogP contribution in [0.3, 0.4) is 0 Å². The Morgan fingerprint density at radius 2 is 1.85 bits per heavy atom. The Kier molecular flexibility index (Phi) is 2.82. The quantitative estimate of drug-likeness (QED) is 0.776. The van der Waals surface area contributed by atoms with E-state index >= 15 is 0 Å². The van der Waals surface area contributed by atoms with E-state index in [0.29, 0.717) is 17.5 Å².